The fourth-order valence-electron chi connectivity index (χ4n) is 1.50. The molecule has 0 aliphatic heterocycles. The van der Waals surface area contributed by atoms with E-state index in [2.05, 4.69) is 4.98 Å². The van der Waals surface area contributed by atoms with Crippen LogP contribution in [0.15, 0.2) is 36.5 Å². The minimum absolute atomic E-state index is 0.0131. The Balaban J connectivity index is 2.17. The number of carbonyl (C=O) groups is 1. The van der Waals surface area contributed by atoms with Gasteiger partial charge in [0.25, 0.3) is 0 Å². The molecular formula is C13H9ClFNO3. The predicted octanol–water partition coefficient (Wildman–Crippen LogP) is 3.15. The third kappa shape index (κ3) is 3.20. The van der Waals surface area contributed by atoms with Gasteiger partial charge in [-0.15, -0.1) is 0 Å². The van der Waals surface area contributed by atoms with Crippen LogP contribution in [0, 0.1) is 5.82 Å². The van der Waals surface area contributed by atoms with E-state index >= 15 is 0 Å². The van der Waals surface area contributed by atoms with Crippen molar-refractivity contribution in [3.8, 4) is 5.75 Å². The molecule has 0 spiro atoms. The van der Waals surface area contributed by atoms with Gasteiger partial charge in [-0.05, 0) is 24.3 Å². The molecule has 0 saturated heterocycles. The van der Waals surface area contributed by atoms with Crippen LogP contribution in [0.5, 0.6) is 5.75 Å². The quantitative estimate of drug-likeness (QED) is 0.935. The van der Waals surface area contributed by atoms with Gasteiger partial charge in [0, 0.05) is 11.8 Å². The number of hydrogen-bond donors (Lipinski definition) is 1. The maximum Gasteiger partial charge on any atom is 0.354 e. The Hall–Kier alpha value is -2.14. The molecule has 0 aliphatic carbocycles. The van der Waals surface area contributed by atoms with Crippen LogP contribution in [-0.4, -0.2) is 16.1 Å². The number of ether oxygens (including phenoxy) is 1. The second kappa shape index (κ2) is 5.67. The molecule has 6 heteroatoms. The number of aromatic carboxylic acids is 1. The minimum Gasteiger partial charge on any atom is -0.487 e. The molecule has 1 heterocycles. The third-order valence-electron chi connectivity index (χ3n) is 2.37. The van der Waals surface area contributed by atoms with Crippen LogP contribution < -0.4 is 4.74 Å². The van der Waals surface area contributed by atoms with E-state index < -0.39 is 11.8 Å². The number of carboxylic acid groups (broad SMARTS) is 1. The predicted molar refractivity (Wildman–Crippen MR) is 66.9 cm³/mol. The smallest absolute Gasteiger partial charge is 0.354 e. The Labute approximate surface area is 113 Å². The highest BCUT2D eigenvalue weighted by atomic mass is 35.5. The Morgan fingerprint density at radius 1 is 1.42 bits per heavy atom. The van der Waals surface area contributed by atoms with Crippen molar-refractivity contribution in [3.63, 3.8) is 0 Å². The van der Waals surface area contributed by atoms with Crippen molar-refractivity contribution in [3.05, 3.63) is 58.6 Å². The zero-order valence-corrected chi connectivity index (χ0v) is 10.4. The normalized spacial score (nSPS) is 10.2. The standard InChI is InChI=1S/C13H9ClFNO3/c14-10-6-9(15)3-4-11(10)19-7-8-2-1-5-16-12(8)13(17)18/h1-6H,7H2,(H,17,18). The van der Waals surface area contributed by atoms with E-state index in [4.69, 9.17) is 21.4 Å². The first-order chi connectivity index (χ1) is 9.08. The van der Waals surface area contributed by atoms with Crippen molar-refractivity contribution >= 4 is 17.6 Å². The van der Waals surface area contributed by atoms with Gasteiger partial charge in [0.15, 0.2) is 5.69 Å². The highest BCUT2D eigenvalue weighted by Crippen LogP contribution is 2.25. The number of nitrogens with zero attached hydrogens (tertiary/aromatic N) is 1. The van der Waals surface area contributed by atoms with Gasteiger partial charge in [0.2, 0.25) is 0 Å². The molecule has 2 rings (SSSR count). The van der Waals surface area contributed by atoms with Crippen LogP contribution in [0.3, 0.4) is 0 Å². The van der Waals surface area contributed by atoms with Crippen LogP contribution in [-0.2, 0) is 6.61 Å². The van der Waals surface area contributed by atoms with E-state index in [1.54, 1.807) is 12.1 Å². The van der Waals surface area contributed by atoms with E-state index in [1.165, 1.54) is 18.3 Å². The summed E-state index contributed by atoms with van der Waals surface area (Å²) in [7, 11) is 0. The summed E-state index contributed by atoms with van der Waals surface area (Å²) in [6.45, 7) is -0.0131. The van der Waals surface area contributed by atoms with Gasteiger partial charge in [-0.3, -0.25) is 0 Å². The zero-order valence-electron chi connectivity index (χ0n) is 9.64. The van der Waals surface area contributed by atoms with Gasteiger partial charge < -0.3 is 9.84 Å². The van der Waals surface area contributed by atoms with Gasteiger partial charge in [-0.1, -0.05) is 17.7 Å². The summed E-state index contributed by atoms with van der Waals surface area (Å²) in [5.41, 5.74) is 0.330. The zero-order chi connectivity index (χ0) is 13.8. The molecule has 0 radical (unpaired) electrons. The lowest BCUT2D eigenvalue weighted by Crippen LogP contribution is -2.08. The van der Waals surface area contributed by atoms with Gasteiger partial charge in [-0.25, -0.2) is 14.2 Å². The highest BCUT2D eigenvalue weighted by Gasteiger charge is 2.12. The summed E-state index contributed by atoms with van der Waals surface area (Å²) in [5, 5.41) is 9.09. The molecule has 0 amide bonds. The molecule has 2 aromatic rings. The van der Waals surface area contributed by atoms with E-state index in [-0.39, 0.29) is 23.1 Å². The van der Waals surface area contributed by atoms with Crippen LogP contribution in [0.25, 0.3) is 0 Å². The molecule has 19 heavy (non-hydrogen) atoms. The third-order valence-corrected chi connectivity index (χ3v) is 2.67. The van der Waals surface area contributed by atoms with Crippen LogP contribution in [0.4, 0.5) is 4.39 Å². The first kappa shape index (κ1) is 13.3. The second-order valence-electron chi connectivity index (χ2n) is 3.68. The number of rotatable bonds is 4. The number of benzene rings is 1. The molecule has 0 saturated carbocycles. The fourth-order valence-corrected chi connectivity index (χ4v) is 1.72. The monoisotopic (exact) mass is 281 g/mol. The van der Waals surface area contributed by atoms with E-state index in [0.717, 1.165) is 6.07 Å². The summed E-state index contributed by atoms with van der Waals surface area (Å²) in [6, 6.07) is 6.92. The van der Waals surface area contributed by atoms with Gasteiger partial charge in [0.1, 0.15) is 18.2 Å². The molecule has 0 bridgehead atoms. The first-order valence-electron chi connectivity index (χ1n) is 5.33. The van der Waals surface area contributed by atoms with E-state index in [9.17, 15) is 9.18 Å². The molecule has 98 valence electrons. The van der Waals surface area contributed by atoms with Gasteiger partial charge in [-0.2, -0.15) is 0 Å². The van der Waals surface area contributed by atoms with Crippen molar-refractivity contribution < 1.29 is 19.0 Å². The van der Waals surface area contributed by atoms with Gasteiger partial charge in [0.05, 0.1) is 5.02 Å². The average Bonchev–Trinajstić information content (AvgIpc) is 2.38. The molecule has 0 aliphatic rings. The van der Waals surface area contributed by atoms with E-state index in [0.29, 0.717) is 5.56 Å². The summed E-state index contributed by atoms with van der Waals surface area (Å²) >= 11 is 5.80. The van der Waals surface area contributed by atoms with Crippen LogP contribution in [0.2, 0.25) is 5.02 Å². The van der Waals surface area contributed by atoms with Crippen molar-refractivity contribution in [2.45, 2.75) is 6.61 Å². The van der Waals surface area contributed by atoms with Crippen molar-refractivity contribution in [2.24, 2.45) is 0 Å². The van der Waals surface area contributed by atoms with Crippen molar-refractivity contribution in [1.82, 2.24) is 4.98 Å². The molecule has 1 aromatic carbocycles. The summed E-state index contributed by atoms with van der Waals surface area (Å²) in [4.78, 5) is 14.7. The molecule has 4 nitrogen and oxygen atoms in total. The number of aromatic nitrogens is 1. The second-order valence-corrected chi connectivity index (χ2v) is 4.09. The lowest BCUT2D eigenvalue weighted by molar-refractivity contribution is 0.0687. The van der Waals surface area contributed by atoms with Gasteiger partial charge >= 0.3 is 5.97 Å². The topological polar surface area (TPSA) is 59.4 Å². The maximum atomic E-state index is 12.9. The summed E-state index contributed by atoms with van der Waals surface area (Å²) < 4.78 is 18.2. The molecule has 0 atom stereocenters. The Kier molecular flexibility index (Phi) is 3.97. The molecular weight excluding hydrogens is 273 g/mol. The molecule has 0 unspecified atom stereocenters. The summed E-state index contributed by atoms with van der Waals surface area (Å²) in [5.74, 6) is -1.32. The van der Waals surface area contributed by atoms with Crippen LogP contribution in [0.1, 0.15) is 16.1 Å². The summed E-state index contributed by atoms with van der Waals surface area (Å²) in [6.07, 6.45) is 1.39. The maximum absolute atomic E-state index is 12.9. The molecule has 1 aromatic heterocycles. The number of pyridine rings is 1. The number of hydrogen-bond acceptors (Lipinski definition) is 3. The first-order valence-corrected chi connectivity index (χ1v) is 5.71. The Bertz CT molecular complexity index is 619. The number of halogens is 2. The lowest BCUT2D eigenvalue weighted by atomic mass is 10.2. The Morgan fingerprint density at radius 3 is 2.89 bits per heavy atom. The Morgan fingerprint density at radius 2 is 2.21 bits per heavy atom. The van der Waals surface area contributed by atoms with E-state index in [1.807, 2.05) is 0 Å². The highest BCUT2D eigenvalue weighted by molar-refractivity contribution is 6.32. The van der Waals surface area contributed by atoms with Crippen molar-refractivity contribution in [2.75, 3.05) is 0 Å². The minimum atomic E-state index is -1.13. The van der Waals surface area contributed by atoms with Crippen LogP contribution >= 0.6 is 11.6 Å². The number of carboxylic acids is 1. The largest absolute Gasteiger partial charge is 0.487 e. The van der Waals surface area contributed by atoms with Crippen molar-refractivity contribution in [1.29, 1.82) is 0 Å². The molecule has 1 N–H and O–H groups in total. The lowest BCUT2D eigenvalue weighted by Gasteiger charge is -2.09. The SMILES string of the molecule is O=C(O)c1ncccc1COc1ccc(F)cc1Cl. The fraction of sp³-hybridized carbons (Fsp3) is 0.0769. The average molecular weight is 282 g/mol. The molecule has 0 fully saturated rings.